The van der Waals surface area contributed by atoms with Crippen LogP contribution in [0.15, 0.2) is 0 Å². The normalized spacial score (nSPS) is 18.4. The smallest absolute Gasteiger partial charge is 0.790 e. The maximum absolute atomic E-state index is 10.6. The first kappa shape index (κ1) is 26.7. The Labute approximate surface area is 157 Å². The fraction of sp³-hybridized carbons (Fsp3) is 0. The van der Waals surface area contributed by atoms with E-state index < -0.39 is 31.3 Å². The van der Waals surface area contributed by atoms with Crippen molar-refractivity contribution in [2.75, 3.05) is 0 Å². The van der Waals surface area contributed by atoms with Crippen LogP contribution in [0.1, 0.15) is 0 Å². The summed E-state index contributed by atoms with van der Waals surface area (Å²) in [5.41, 5.74) is 0. The number of hydrogen-bond donors (Lipinski definition) is 3. The summed E-state index contributed by atoms with van der Waals surface area (Å²) in [6.45, 7) is 0. The Morgan fingerprint density at radius 3 is 1.42 bits per heavy atom. The van der Waals surface area contributed by atoms with Gasteiger partial charge in [-0.1, -0.05) is 0 Å². The monoisotopic (exact) mass is 398 g/mol. The average molecular weight is 398 g/mol. The molecule has 2 unspecified atom stereocenters. The number of hydrogen-bond acceptors (Lipinski definition) is 10. The molecule has 0 fully saturated rings. The van der Waals surface area contributed by atoms with Crippen LogP contribution in [0.5, 0.6) is 0 Å². The summed E-state index contributed by atoms with van der Waals surface area (Å²) >= 11 is 0. The van der Waals surface area contributed by atoms with E-state index in [1.165, 1.54) is 0 Å². The quantitative estimate of drug-likeness (QED) is 0.280. The Hall–Kier alpha value is 2.82. The van der Waals surface area contributed by atoms with Gasteiger partial charge in [0.25, 0.3) is 7.82 Å². The summed E-state index contributed by atoms with van der Waals surface area (Å²) in [5.74, 6) is 0. The van der Waals surface area contributed by atoms with Gasteiger partial charge >= 0.3 is 82.9 Å². The Kier molecular flexibility index (Phi) is 12.9. The van der Waals surface area contributed by atoms with Gasteiger partial charge in [-0.3, -0.25) is 8.88 Å². The molecule has 2 atom stereocenters. The van der Waals surface area contributed by atoms with Crippen LogP contribution in [0.4, 0.5) is 0 Å². The number of rotatable bonds is 6. The Morgan fingerprint density at radius 1 is 0.789 bits per heavy atom. The van der Waals surface area contributed by atoms with Crippen molar-refractivity contribution >= 4 is 69.0 Å². The third kappa shape index (κ3) is 17.0. The van der Waals surface area contributed by atoms with Gasteiger partial charge in [0.15, 0.2) is 0 Å². The van der Waals surface area contributed by atoms with Gasteiger partial charge in [0.1, 0.15) is 0 Å². The van der Waals surface area contributed by atoms with Crippen LogP contribution in [-0.2, 0) is 31.2 Å². The molecule has 19 heavy (non-hydrogen) atoms. The molecule has 104 valence electrons. The second-order valence-corrected chi connectivity index (χ2v) is 7.77. The van der Waals surface area contributed by atoms with E-state index in [1.54, 1.807) is 0 Å². The van der Waals surface area contributed by atoms with Crippen LogP contribution in [0, 0.1) is 0 Å². The zero-order valence-corrected chi connectivity index (χ0v) is 16.7. The molecule has 0 aromatic heterocycles. The van der Waals surface area contributed by atoms with Crippen molar-refractivity contribution in [1.82, 2.24) is 0 Å². The standard InChI is InChI=1S/Ca.Na.H6O13P4/c;;1-14(2,3)11-16(7,8)13-17(9,10)12-15(4,5)6/h;;(H,7,8)(H,9,10)(H2,1,2,3)(H2,4,5,6)/q+2;+1;/p-3. The summed E-state index contributed by atoms with van der Waals surface area (Å²) in [6.07, 6.45) is 0. The van der Waals surface area contributed by atoms with Gasteiger partial charge < -0.3 is 33.9 Å². The summed E-state index contributed by atoms with van der Waals surface area (Å²) < 4.78 is 49.7. The topological polar surface area (TPSA) is 226 Å². The van der Waals surface area contributed by atoms with Gasteiger partial charge in [-0.2, -0.15) is 4.31 Å². The molecule has 13 nitrogen and oxygen atoms in total. The summed E-state index contributed by atoms with van der Waals surface area (Å²) in [6, 6.07) is 0. The summed E-state index contributed by atoms with van der Waals surface area (Å²) in [7, 11) is -23.7. The van der Waals surface area contributed by atoms with Gasteiger partial charge in [0, 0.05) is 0 Å². The number of phosphoric acid groups is 4. The largest absolute Gasteiger partial charge is 2.00 e. The van der Waals surface area contributed by atoms with Gasteiger partial charge in [-0.15, -0.1) is 0 Å². The van der Waals surface area contributed by atoms with Crippen LogP contribution in [-0.4, -0.2) is 52.4 Å². The van der Waals surface area contributed by atoms with Crippen LogP contribution < -0.4 is 44.2 Å². The Bertz CT molecular complexity index is 413. The molecule has 0 aliphatic carbocycles. The van der Waals surface area contributed by atoms with Crippen molar-refractivity contribution in [2.24, 2.45) is 0 Å². The van der Waals surface area contributed by atoms with Gasteiger partial charge in [0.2, 0.25) is 0 Å². The van der Waals surface area contributed by atoms with Crippen molar-refractivity contribution in [3.8, 4) is 0 Å². The molecule has 0 spiro atoms. The van der Waals surface area contributed by atoms with Crippen molar-refractivity contribution in [1.29, 1.82) is 0 Å². The minimum atomic E-state index is -6.14. The third-order valence-electron chi connectivity index (χ3n) is 0.613. The van der Waals surface area contributed by atoms with Crippen LogP contribution in [0.25, 0.3) is 0 Å². The first-order valence-electron chi connectivity index (χ1n) is 2.97. The molecule has 19 heteroatoms. The van der Waals surface area contributed by atoms with Gasteiger partial charge in [-0.05, 0) is 0 Å². The minimum Gasteiger partial charge on any atom is -0.790 e. The molecular formula is H3CaNaO13P4. The Balaban J connectivity index is -0.00000128. The average Bonchev–Trinajstić information content (AvgIpc) is 1.65. The van der Waals surface area contributed by atoms with Crippen LogP contribution in [0.2, 0.25) is 0 Å². The zero-order chi connectivity index (χ0) is 14.1. The third-order valence-corrected chi connectivity index (χ3v) is 5.51. The van der Waals surface area contributed by atoms with E-state index in [0.717, 1.165) is 0 Å². The van der Waals surface area contributed by atoms with E-state index in [2.05, 4.69) is 12.9 Å². The molecule has 0 aromatic rings. The van der Waals surface area contributed by atoms with Crippen molar-refractivity contribution < 1.29 is 90.1 Å². The predicted molar refractivity (Wildman–Crippen MR) is 46.1 cm³/mol. The van der Waals surface area contributed by atoms with E-state index >= 15 is 0 Å². The van der Waals surface area contributed by atoms with Gasteiger partial charge in [-0.25, -0.2) is 13.4 Å². The van der Waals surface area contributed by atoms with E-state index in [4.69, 9.17) is 14.7 Å². The van der Waals surface area contributed by atoms with Crippen LogP contribution in [0.3, 0.4) is 0 Å². The Morgan fingerprint density at radius 2 is 1.16 bits per heavy atom. The molecule has 0 rings (SSSR count). The zero-order valence-electron chi connectivity index (χ0n) is 8.92. The van der Waals surface area contributed by atoms with Gasteiger partial charge in [0.05, 0.1) is 7.82 Å². The van der Waals surface area contributed by atoms with E-state index in [9.17, 15) is 32.9 Å². The van der Waals surface area contributed by atoms with Crippen LogP contribution >= 0.6 is 31.3 Å². The second-order valence-electron chi connectivity index (χ2n) is 2.10. The maximum Gasteiger partial charge on any atom is 2.00 e. The molecule has 0 saturated carbocycles. The van der Waals surface area contributed by atoms with Crippen molar-refractivity contribution in [3.05, 3.63) is 0 Å². The van der Waals surface area contributed by atoms with Crippen molar-refractivity contribution in [3.63, 3.8) is 0 Å². The second kappa shape index (κ2) is 9.20. The fourth-order valence-corrected chi connectivity index (χ4v) is 4.25. The first-order chi connectivity index (χ1) is 7.12. The SMILES string of the molecule is O=P([O-])([O-])OP(=O)([O-])OP(=O)(O)OP(=O)(O)O.[Ca+2].[Na+]. The summed E-state index contributed by atoms with van der Waals surface area (Å²) in [5, 5.41) is 0. The molecule has 0 amide bonds. The molecular weight excluding hydrogens is 395 g/mol. The van der Waals surface area contributed by atoms with E-state index in [-0.39, 0.29) is 67.3 Å². The first-order valence-corrected chi connectivity index (χ1v) is 8.92. The van der Waals surface area contributed by atoms with E-state index in [1.807, 2.05) is 0 Å². The minimum absolute atomic E-state index is 0. The van der Waals surface area contributed by atoms with Crippen molar-refractivity contribution in [2.45, 2.75) is 0 Å². The molecule has 0 aromatic carbocycles. The maximum atomic E-state index is 10.6. The molecule has 3 N–H and O–H groups in total. The molecule has 0 aliphatic rings. The molecule has 0 bridgehead atoms. The molecule has 0 saturated heterocycles. The fourth-order valence-electron chi connectivity index (χ4n) is 0.413. The molecule has 0 aliphatic heterocycles. The van der Waals surface area contributed by atoms with E-state index in [0.29, 0.717) is 0 Å². The molecule has 0 radical (unpaired) electrons. The predicted octanol–water partition coefficient (Wildman–Crippen LogP) is -5.85. The summed E-state index contributed by atoms with van der Waals surface area (Å²) in [4.78, 5) is 54.7. The molecule has 0 heterocycles.